The largest absolute Gasteiger partial charge is 0.462 e. The van der Waals surface area contributed by atoms with Gasteiger partial charge in [-0.15, -0.1) is 0 Å². The number of hydrogen-bond donors (Lipinski definition) is 0. The predicted molar refractivity (Wildman–Crippen MR) is 192 cm³/mol. The third kappa shape index (κ3) is 33.8. The highest BCUT2D eigenvalue weighted by Crippen LogP contribution is 2.15. The number of hydrogen-bond acceptors (Lipinski definition) is 6. The summed E-state index contributed by atoms with van der Waals surface area (Å²) in [6.07, 6.45) is 31.3. The minimum absolute atomic E-state index is 0.0665. The molecule has 0 aliphatic rings. The first kappa shape index (κ1) is 44.4. The summed E-state index contributed by atoms with van der Waals surface area (Å²) in [6, 6.07) is 0. The first-order valence-electron chi connectivity index (χ1n) is 19.9. The van der Waals surface area contributed by atoms with Crippen LogP contribution in [0.2, 0.25) is 0 Å². The van der Waals surface area contributed by atoms with Crippen molar-refractivity contribution in [1.29, 1.82) is 0 Å². The Kier molecular flexibility index (Phi) is 33.5. The van der Waals surface area contributed by atoms with E-state index in [1.807, 2.05) is 0 Å². The molecule has 0 aliphatic heterocycles. The zero-order valence-electron chi connectivity index (χ0n) is 31.0. The molecular formula is C40H76O6. The van der Waals surface area contributed by atoms with Gasteiger partial charge in [0, 0.05) is 19.3 Å². The highest BCUT2D eigenvalue weighted by atomic mass is 16.6. The molecule has 0 aromatic rings. The molecule has 0 radical (unpaired) electrons. The van der Waals surface area contributed by atoms with Crippen LogP contribution in [0, 0.1) is 5.92 Å². The molecule has 0 fully saturated rings. The second-order valence-corrected chi connectivity index (χ2v) is 14.0. The van der Waals surface area contributed by atoms with Gasteiger partial charge in [-0.05, 0) is 25.2 Å². The van der Waals surface area contributed by atoms with E-state index in [1.165, 1.54) is 103 Å². The van der Waals surface area contributed by atoms with Gasteiger partial charge in [-0.2, -0.15) is 0 Å². The van der Waals surface area contributed by atoms with Gasteiger partial charge in [0.1, 0.15) is 13.2 Å². The van der Waals surface area contributed by atoms with Gasteiger partial charge in [0.2, 0.25) is 0 Å². The molecule has 0 unspecified atom stereocenters. The predicted octanol–water partition coefficient (Wildman–Crippen LogP) is 12.0. The first-order chi connectivity index (χ1) is 22.4. The molecule has 0 aromatic carbocycles. The molecule has 0 rings (SSSR count). The van der Waals surface area contributed by atoms with Crippen LogP contribution in [-0.4, -0.2) is 37.2 Å². The molecule has 6 nitrogen and oxygen atoms in total. The standard InChI is InChI=1S/C40H76O6/c1-5-7-9-11-19-24-28-32-39(42)45-35-37(34-44-38(41)31-27-22-10-8-6-2)46-40(43)33-29-25-21-18-16-14-12-13-15-17-20-23-26-30-36(3)4/h36-37H,5-35H2,1-4H3/t37-/m0/s1. The Morgan fingerprint density at radius 3 is 1.07 bits per heavy atom. The fraction of sp³-hybridized carbons (Fsp3) is 0.925. The molecule has 0 heterocycles. The van der Waals surface area contributed by atoms with Gasteiger partial charge in [-0.3, -0.25) is 14.4 Å². The Labute approximate surface area is 285 Å². The molecular weight excluding hydrogens is 576 g/mol. The van der Waals surface area contributed by atoms with Crippen LogP contribution in [0.25, 0.3) is 0 Å². The summed E-state index contributed by atoms with van der Waals surface area (Å²) in [5.41, 5.74) is 0. The lowest BCUT2D eigenvalue weighted by Gasteiger charge is -2.18. The molecule has 1 atom stereocenters. The van der Waals surface area contributed by atoms with Crippen molar-refractivity contribution in [3.05, 3.63) is 0 Å². The van der Waals surface area contributed by atoms with Crippen LogP contribution in [0.1, 0.15) is 214 Å². The summed E-state index contributed by atoms with van der Waals surface area (Å²) in [7, 11) is 0. The maximum Gasteiger partial charge on any atom is 0.306 e. The third-order valence-electron chi connectivity index (χ3n) is 8.79. The van der Waals surface area contributed by atoms with Crippen LogP contribution >= 0.6 is 0 Å². The van der Waals surface area contributed by atoms with Crippen LogP contribution in [0.3, 0.4) is 0 Å². The number of esters is 3. The maximum absolute atomic E-state index is 12.6. The summed E-state index contributed by atoms with van der Waals surface area (Å²) >= 11 is 0. The molecule has 0 amide bonds. The van der Waals surface area contributed by atoms with Crippen molar-refractivity contribution in [2.45, 2.75) is 220 Å². The van der Waals surface area contributed by atoms with Crippen LogP contribution in [0.15, 0.2) is 0 Å². The molecule has 0 aromatic heterocycles. The SMILES string of the molecule is CCCCCCCCCC(=O)OC[C@H](COC(=O)CCCCCCC)OC(=O)CCCCCCCCCCCCCCCC(C)C. The van der Waals surface area contributed by atoms with Crippen molar-refractivity contribution >= 4 is 17.9 Å². The van der Waals surface area contributed by atoms with Crippen LogP contribution in [0.5, 0.6) is 0 Å². The number of unbranched alkanes of at least 4 members (excludes halogenated alkanes) is 22. The molecule has 0 spiro atoms. The third-order valence-corrected chi connectivity index (χ3v) is 8.79. The Balaban J connectivity index is 4.17. The molecule has 46 heavy (non-hydrogen) atoms. The summed E-state index contributed by atoms with van der Waals surface area (Å²) in [5, 5.41) is 0. The summed E-state index contributed by atoms with van der Waals surface area (Å²) < 4.78 is 16.5. The number of rotatable bonds is 35. The van der Waals surface area contributed by atoms with E-state index < -0.39 is 6.10 Å². The molecule has 0 bridgehead atoms. The Hall–Kier alpha value is -1.59. The molecule has 6 heteroatoms. The van der Waals surface area contributed by atoms with Gasteiger partial charge in [0.25, 0.3) is 0 Å². The molecule has 272 valence electrons. The molecule has 0 saturated carbocycles. The molecule has 0 N–H and O–H groups in total. The van der Waals surface area contributed by atoms with E-state index in [4.69, 9.17) is 14.2 Å². The number of carbonyl (C=O) groups excluding carboxylic acids is 3. The van der Waals surface area contributed by atoms with Crippen molar-refractivity contribution in [3.8, 4) is 0 Å². The van der Waals surface area contributed by atoms with Crippen LogP contribution in [-0.2, 0) is 28.6 Å². The summed E-state index contributed by atoms with van der Waals surface area (Å²) in [4.78, 5) is 37.1. The lowest BCUT2D eigenvalue weighted by molar-refractivity contribution is -0.167. The zero-order chi connectivity index (χ0) is 33.9. The topological polar surface area (TPSA) is 78.9 Å². The summed E-state index contributed by atoms with van der Waals surface area (Å²) in [5.74, 6) is -0.0445. The van der Waals surface area contributed by atoms with E-state index in [2.05, 4.69) is 27.7 Å². The average molecular weight is 653 g/mol. The lowest BCUT2D eigenvalue weighted by Crippen LogP contribution is -2.30. The van der Waals surface area contributed by atoms with Crippen LogP contribution in [0.4, 0.5) is 0 Å². The van der Waals surface area contributed by atoms with Gasteiger partial charge in [0.05, 0.1) is 0 Å². The van der Waals surface area contributed by atoms with Crippen molar-refractivity contribution in [1.82, 2.24) is 0 Å². The van der Waals surface area contributed by atoms with Crippen molar-refractivity contribution < 1.29 is 28.6 Å². The van der Waals surface area contributed by atoms with Crippen molar-refractivity contribution in [3.63, 3.8) is 0 Å². The Morgan fingerprint density at radius 2 is 0.717 bits per heavy atom. The minimum Gasteiger partial charge on any atom is -0.462 e. The minimum atomic E-state index is -0.755. The fourth-order valence-electron chi connectivity index (χ4n) is 5.74. The normalized spacial score (nSPS) is 11.9. The van der Waals surface area contributed by atoms with E-state index in [0.717, 1.165) is 70.1 Å². The van der Waals surface area contributed by atoms with Crippen molar-refractivity contribution in [2.75, 3.05) is 13.2 Å². The number of carbonyl (C=O) groups is 3. The van der Waals surface area contributed by atoms with Gasteiger partial charge in [-0.1, -0.05) is 175 Å². The summed E-state index contributed by atoms with van der Waals surface area (Å²) in [6.45, 7) is 8.86. The molecule has 0 saturated heterocycles. The Morgan fingerprint density at radius 1 is 0.413 bits per heavy atom. The van der Waals surface area contributed by atoms with Gasteiger partial charge in [-0.25, -0.2) is 0 Å². The van der Waals surface area contributed by atoms with Gasteiger partial charge < -0.3 is 14.2 Å². The van der Waals surface area contributed by atoms with Crippen molar-refractivity contribution in [2.24, 2.45) is 5.92 Å². The highest BCUT2D eigenvalue weighted by molar-refractivity contribution is 5.71. The maximum atomic E-state index is 12.6. The monoisotopic (exact) mass is 653 g/mol. The second kappa shape index (κ2) is 34.7. The van der Waals surface area contributed by atoms with Crippen LogP contribution < -0.4 is 0 Å². The highest BCUT2D eigenvalue weighted by Gasteiger charge is 2.19. The van der Waals surface area contributed by atoms with E-state index in [9.17, 15) is 14.4 Å². The number of ether oxygens (including phenoxy) is 3. The van der Waals surface area contributed by atoms with E-state index in [1.54, 1.807) is 0 Å². The van der Waals surface area contributed by atoms with E-state index >= 15 is 0 Å². The van der Waals surface area contributed by atoms with Gasteiger partial charge in [0.15, 0.2) is 6.10 Å². The van der Waals surface area contributed by atoms with E-state index in [0.29, 0.717) is 19.3 Å². The van der Waals surface area contributed by atoms with Gasteiger partial charge >= 0.3 is 17.9 Å². The smallest absolute Gasteiger partial charge is 0.306 e. The van der Waals surface area contributed by atoms with E-state index in [-0.39, 0.29) is 31.1 Å². The first-order valence-corrected chi connectivity index (χ1v) is 19.9. The fourth-order valence-corrected chi connectivity index (χ4v) is 5.74. The second-order valence-electron chi connectivity index (χ2n) is 14.0. The molecule has 0 aliphatic carbocycles. The Bertz CT molecular complexity index is 691. The zero-order valence-corrected chi connectivity index (χ0v) is 31.0. The lowest BCUT2D eigenvalue weighted by atomic mass is 10.0. The quantitative estimate of drug-likeness (QED) is 0.0385. The average Bonchev–Trinajstić information content (AvgIpc) is 3.03.